The van der Waals surface area contributed by atoms with Gasteiger partial charge in [-0.1, -0.05) is 31.9 Å². The third kappa shape index (κ3) is 9.88. The Kier molecular flexibility index (Phi) is 14.4. The maximum absolute atomic E-state index is 11.9. The van der Waals surface area contributed by atoms with Gasteiger partial charge >= 0.3 is 11.9 Å². The summed E-state index contributed by atoms with van der Waals surface area (Å²) in [5.41, 5.74) is 12.0. The number of halogens is 2. The van der Waals surface area contributed by atoms with E-state index in [-0.39, 0.29) is 18.3 Å². The number of aromatic nitrogens is 4. The van der Waals surface area contributed by atoms with Crippen LogP contribution in [0.2, 0.25) is 0 Å². The van der Waals surface area contributed by atoms with Crippen molar-refractivity contribution >= 4 is 98.5 Å². The molecule has 2 saturated heterocycles. The van der Waals surface area contributed by atoms with Gasteiger partial charge in [-0.2, -0.15) is 0 Å². The summed E-state index contributed by atoms with van der Waals surface area (Å²) in [7, 11) is 0. The largest absolute Gasteiger partial charge is 0.481 e. The monoisotopic (exact) mass is 1000 g/mol. The smallest absolute Gasteiger partial charge is 0.306 e. The summed E-state index contributed by atoms with van der Waals surface area (Å²) in [5, 5.41) is 9.09. The summed E-state index contributed by atoms with van der Waals surface area (Å²) < 4.78 is 9.63. The van der Waals surface area contributed by atoms with Gasteiger partial charge < -0.3 is 19.6 Å². The second kappa shape index (κ2) is 19.4. The fourth-order valence-corrected chi connectivity index (χ4v) is 13.0. The lowest BCUT2D eigenvalue weighted by molar-refractivity contribution is -0.144. The number of fused-ring (bicyclic) bond motifs is 2. The molecule has 0 unspecified atom stereocenters. The summed E-state index contributed by atoms with van der Waals surface area (Å²) in [6.07, 6.45) is 4.51. The first kappa shape index (κ1) is 46.0. The standard InChI is InChI=1S/C25H30BrN3O2S.C23H26BrN3O2S/c1-6-31-20(30)13-18-7-9-29(10-8-18)25-24-23(27-17(5)28-25)22(16(4)32-24)21-14(2)11-19(26)12-15(21)3;1-12-9-17(24)10-13(2)19(12)20-14(3)30-22-21(20)25-15(4)26-23(22)27-7-5-16(6-8-27)11-18(28)29/h11-12,18H,6-10,13H2,1-5H3;9-10,16H,5-8,11H2,1-4H3,(H,28,29). The van der Waals surface area contributed by atoms with Crippen molar-refractivity contribution in [3.8, 4) is 22.3 Å². The number of hydrogen-bond donors (Lipinski definition) is 1. The van der Waals surface area contributed by atoms with E-state index in [1.165, 1.54) is 54.3 Å². The number of carbonyl (C=O) groups is 2. The molecular weight excluding hydrogens is 949 g/mol. The lowest BCUT2D eigenvalue weighted by atomic mass is 9.93. The number of thiophene rings is 2. The van der Waals surface area contributed by atoms with Gasteiger partial charge in [-0.3, -0.25) is 9.59 Å². The van der Waals surface area contributed by atoms with Crippen molar-refractivity contribution in [2.24, 2.45) is 11.8 Å². The van der Waals surface area contributed by atoms with E-state index in [0.717, 1.165) is 105 Å². The van der Waals surface area contributed by atoms with E-state index >= 15 is 0 Å². The zero-order chi connectivity index (χ0) is 44.6. The molecule has 6 heterocycles. The van der Waals surface area contributed by atoms with Crippen LogP contribution >= 0.6 is 54.5 Å². The topological polar surface area (TPSA) is 122 Å². The van der Waals surface area contributed by atoms with Gasteiger partial charge in [-0.25, -0.2) is 19.9 Å². The predicted molar refractivity (Wildman–Crippen MR) is 262 cm³/mol. The van der Waals surface area contributed by atoms with E-state index in [0.29, 0.717) is 18.9 Å². The van der Waals surface area contributed by atoms with E-state index in [4.69, 9.17) is 29.8 Å². The van der Waals surface area contributed by atoms with Crippen molar-refractivity contribution in [1.29, 1.82) is 0 Å². The van der Waals surface area contributed by atoms with Crippen molar-refractivity contribution in [3.63, 3.8) is 0 Å². The van der Waals surface area contributed by atoms with Crippen molar-refractivity contribution in [2.75, 3.05) is 42.6 Å². The van der Waals surface area contributed by atoms with Gasteiger partial charge in [0.2, 0.25) is 0 Å². The van der Waals surface area contributed by atoms with Crippen LogP contribution in [0.4, 0.5) is 11.6 Å². The van der Waals surface area contributed by atoms with Crippen LogP contribution in [0.5, 0.6) is 0 Å². The van der Waals surface area contributed by atoms with Crippen LogP contribution in [-0.4, -0.2) is 69.8 Å². The number of carbonyl (C=O) groups excluding carboxylic acids is 1. The van der Waals surface area contributed by atoms with Crippen LogP contribution < -0.4 is 9.80 Å². The van der Waals surface area contributed by atoms with Gasteiger partial charge in [0.25, 0.3) is 0 Å². The summed E-state index contributed by atoms with van der Waals surface area (Å²) >= 11 is 10.8. The molecular formula is C48H56Br2N6O4S2. The van der Waals surface area contributed by atoms with E-state index in [9.17, 15) is 9.59 Å². The molecule has 2 fully saturated rings. The van der Waals surface area contributed by atoms with Crippen LogP contribution in [0, 0.1) is 67.2 Å². The summed E-state index contributed by atoms with van der Waals surface area (Å²) in [6.45, 7) is 22.7. The lowest BCUT2D eigenvalue weighted by Gasteiger charge is -2.32. The lowest BCUT2D eigenvalue weighted by Crippen LogP contribution is -2.35. The van der Waals surface area contributed by atoms with Gasteiger partial charge in [-0.05, 0) is 157 Å². The molecule has 0 saturated carbocycles. The number of rotatable bonds is 9. The van der Waals surface area contributed by atoms with Gasteiger partial charge in [0.1, 0.15) is 23.3 Å². The molecule has 328 valence electrons. The quantitative estimate of drug-likeness (QED) is 0.140. The van der Waals surface area contributed by atoms with Crippen molar-refractivity contribution < 1.29 is 19.4 Å². The highest BCUT2D eigenvalue weighted by molar-refractivity contribution is 9.10. The molecule has 0 radical (unpaired) electrons. The Morgan fingerprint density at radius 1 is 0.629 bits per heavy atom. The molecule has 2 aliphatic rings. The Hall–Kier alpha value is -3.98. The highest BCUT2D eigenvalue weighted by Gasteiger charge is 2.29. The Morgan fingerprint density at radius 2 is 1.00 bits per heavy atom. The molecule has 1 N–H and O–H groups in total. The van der Waals surface area contributed by atoms with Crippen molar-refractivity contribution in [1.82, 2.24) is 19.9 Å². The molecule has 0 amide bonds. The summed E-state index contributed by atoms with van der Waals surface area (Å²) in [6, 6.07) is 8.67. The average molecular weight is 1000 g/mol. The van der Waals surface area contributed by atoms with Crippen LogP contribution in [0.3, 0.4) is 0 Å². The SMILES string of the molecule is CCOC(=O)CC1CCN(c2nc(C)nc3c(-c4c(C)cc(Br)cc4C)c(C)sc23)CC1.Cc1nc(N2CCC(CC(=O)O)CC2)c2sc(C)c(-c3c(C)cc(Br)cc3C)c2n1. The molecule has 4 aromatic heterocycles. The number of esters is 1. The van der Waals surface area contributed by atoms with Gasteiger partial charge in [0, 0.05) is 68.8 Å². The normalized spacial score (nSPS) is 15.0. The van der Waals surface area contributed by atoms with Crippen LogP contribution in [0.25, 0.3) is 42.7 Å². The number of benzene rings is 2. The number of piperidine rings is 2. The van der Waals surface area contributed by atoms with Crippen LogP contribution in [0.1, 0.15) is 89.1 Å². The number of aliphatic carboxylic acids is 1. The first-order chi connectivity index (χ1) is 29.5. The number of carboxylic acid groups (broad SMARTS) is 1. The highest BCUT2D eigenvalue weighted by Crippen LogP contribution is 2.46. The van der Waals surface area contributed by atoms with Crippen LogP contribution in [-0.2, 0) is 14.3 Å². The first-order valence-corrected chi connectivity index (χ1v) is 24.7. The molecule has 8 rings (SSSR count). The van der Waals surface area contributed by atoms with Gasteiger partial charge in [0.15, 0.2) is 0 Å². The molecule has 6 aromatic rings. The zero-order valence-corrected chi connectivity index (χ0v) is 42.0. The first-order valence-electron chi connectivity index (χ1n) is 21.5. The fraction of sp³-hybridized carbons (Fsp3) is 0.458. The highest BCUT2D eigenvalue weighted by atomic mass is 79.9. The number of ether oxygens (including phenoxy) is 1. The number of hydrogen-bond acceptors (Lipinski definition) is 11. The van der Waals surface area contributed by atoms with Crippen molar-refractivity contribution in [2.45, 2.75) is 101 Å². The molecule has 0 atom stereocenters. The maximum atomic E-state index is 11.9. The maximum Gasteiger partial charge on any atom is 0.306 e. The van der Waals surface area contributed by atoms with E-state index < -0.39 is 5.97 Å². The number of aryl methyl sites for hydroxylation is 8. The third-order valence-corrected chi connectivity index (χ3v) is 15.3. The average Bonchev–Trinajstić information content (AvgIpc) is 3.69. The minimum Gasteiger partial charge on any atom is -0.481 e. The predicted octanol–water partition coefficient (Wildman–Crippen LogP) is 12.6. The minimum atomic E-state index is -0.701. The molecule has 10 nitrogen and oxygen atoms in total. The second-order valence-electron chi connectivity index (χ2n) is 16.9. The second-order valence-corrected chi connectivity index (χ2v) is 21.2. The van der Waals surface area contributed by atoms with Gasteiger partial charge in [-0.15, -0.1) is 22.7 Å². The third-order valence-electron chi connectivity index (χ3n) is 12.2. The molecule has 2 aromatic carbocycles. The Bertz CT molecular complexity index is 2620. The Balaban J connectivity index is 0.000000187. The van der Waals surface area contributed by atoms with E-state index in [1.807, 2.05) is 20.8 Å². The van der Waals surface area contributed by atoms with E-state index in [2.05, 4.69) is 107 Å². The summed E-state index contributed by atoms with van der Waals surface area (Å²) in [5.74, 6) is 3.47. The van der Waals surface area contributed by atoms with Crippen molar-refractivity contribution in [3.05, 3.63) is 76.9 Å². The Labute approximate surface area is 389 Å². The molecule has 2 aliphatic heterocycles. The van der Waals surface area contributed by atoms with Gasteiger partial charge in [0.05, 0.1) is 27.0 Å². The van der Waals surface area contributed by atoms with E-state index in [1.54, 1.807) is 22.7 Å². The number of anilines is 2. The fourth-order valence-electron chi connectivity index (χ4n) is 9.39. The molecule has 0 spiro atoms. The Morgan fingerprint density at radius 3 is 1.35 bits per heavy atom. The summed E-state index contributed by atoms with van der Waals surface area (Å²) in [4.78, 5) is 49.6. The minimum absolute atomic E-state index is 0.0787. The molecule has 14 heteroatoms. The molecule has 0 aliphatic carbocycles. The molecule has 0 bridgehead atoms. The number of carboxylic acids is 1. The zero-order valence-electron chi connectivity index (χ0n) is 37.2. The number of nitrogens with zero attached hydrogens (tertiary/aromatic N) is 6. The van der Waals surface area contributed by atoms with Crippen LogP contribution in [0.15, 0.2) is 33.2 Å². The molecule has 62 heavy (non-hydrogen) atoms.